The summed E-state index contributed by atoms with van der Waals surface area (Å²) in [7, 11) is 1.67. The van der Waals surface area contributed by atoms with E-state index in [4.69, 9.17) is 21.3 Å². The smallest absolute Gasteiger partial charge is 0.282 e. The van der Waals surface area contributed by atoms with Gasteiger partial charge in [0.25, 0.3) is 5.56 Å². The predicted molar refractivity (Wildman–Crippen MR) is 162 cm³/mol. The Balaban J connectivity index is 1.56. The molecule has 0 unspecified atom stereocenters. The fourth-order valence-corrected chi connectivity index (χ4v) is 5.30. The Morgan fingerprint density at radius 2 is 1.64 bits per heavy atom. The number of para-hydroxylation sites is 1. The number of hydrogen-bond acceptors (Lipinski definition) is 5. The second-order valence-electron chi connectivity index (χ2n) is 9.50. The lowest BCUT2D eigenvalue weighted by Crippen LogP contribution is -2.20. The second kappa shape index (κ2) is 11.5. The molecular formula is C32H28ClN3O2S. The fourth-order valence-electron chi connectivity index (χ4n) is 4.36. The number of aromatic nitrogens is 2. The van der Waals surface area contributed by atoms with E-state index in [-0.39, 0.29) is 11.5 Å². The molecule has 0 atom stereocenters. The van der Waals surface area contributed by atoms with Gasteiger partial charge in [-0.2, -0.15) is 9.78 Å². The van der Waals surface area contributed by atoms with Crippen LogP contribution in [0.5, 0.6) is 5.75 Å². The van der Waals surface area contributed by atoms with Crippen molar-refractivity contribution in [3.63, 3.8) is 0 Å². The van der Waals surface area contributed by atoms with Gasteiger partial charge in [0.1, 0.15) is 5.75 Å². The van der Waals surface area contributed by atoms with E-state index in [0.29, 0.717) is 21.7 Å². The molecule has 39 heavy (non-hydrogen) atoms. The van der Waals surface area contributed by atoms with Gasteiger partial charge in [0.05, 0.1) is 24.2 Å². The molecule has 5 rings (SSSR count). The fraction of sp³-hybridized carbons (Fsp3) is 0.156. The summed E-state index contributed by atoms with van der Waals surface area (Å²) < 4.78 is 7.03. The molecule has 0 fully saturated rings. The number of hydrogen-bond donors (Lipinski definition) is 0. The van der Waals surface area contributed by atoms with Gasteiger partial charge in [-0.05, 0) is 90.2 Å². The lowest BCUT2D eigenvalue weighted by atomic mass is 9.96. The van der Waals surface area contributed by atoms with Gasteiger partial charge >= 0.3 is 0 Å². The van der Waals surface area contributed by atoms with E-state index in [1.807, 2.05) is 79.7 Å². The minimum absolute atomic E-state index is 0.219. The van der Waals surface area contributed by atoms with Gasteiger partial charge in [-0.15, -0.1) is 0 Å². The van der Waals surface area contributed by atoms with E-state index >= 15 is 0 Å². The first kappa shape index (κ1) is 26.7. The zero-order chi connectivity index (χ0) is 27.5. The van der Waals surface area contributed by atoms with Crippen molar-refractivity contribution in [2.45, 2.75) is 36.5 Å². The standard InChI is InChI=1S/C32H28ClN3O2S/c1-20(2)27-18-28(21(3)17-30(27)38-4)31-35-29-8-6-5-7-26(29)32(37)36(31)34-19-22-9-13-24(14-10-22)39-25-15-11-23(33)12-16-25/h5-20H,1-4H3. The summed E-state index contributed by atoms with van der Waals surface area (Å²) in [6, 6.07) is 27.2. The first-order valence-electron chi connectivity index (χ1n) is 12.6. The molecule has 5 aromatic rings. The van der Waals surface area contributed by atoms with Crippen LogP contribution in [0.25, 0.3) is 22.3 Å². The zero-order valence-electron chi connectivity index (χ0n) is 22.2. The molecule has 0 amide bonds. The highest BCUT2D eigenvalue weighted by molar-refractivity contribution is 7.99. The van der Waals surface area contributed by atoms with Crippen molar-refractivity contribution >= 4 is 40.5 Å². The van der Waals surface area contributed by atoms with E-state index in [9.17, 15) is 4.79 Å². The molecule has 7 heteroatoms. The molecule has 0 saturated heterocycles. The van der Waals surface area contributed by atoms with Crippen LogP contribution in [-0.2, 0) is 0 Å². The molecule has 196 valence electrons. The van der Waals surface area contributed by atoms with Crippen LogP contribution in [0.3, 0.4) is 0 Å². The van der Waals surface area contributed by atoms with Gasteiger partial charge < -0.3 is 4.74 Å². The highest BCUT2D eigenvalue weighted by Gasteiger charge is 2.18. The summed E-state index contributed by atoms with van der Waals surface area (Å²) in [5, 5.41) is 5.88. The SMILES string of the molecule is COc1cc(C)c(-c2nc3ccccc3c(=O)n2N=Cc2ccc(Sc3ccc(Cl)cc3)cc2)cc1C(C)C. The Morgan fingerprint density at radius 1 is 0.974 bits per heavy atom. The molecule has 1 aromatic heterocycles. The molecule has 0 bridgehead atoms. The summed E-state index contributed by atoms with van der Waals surface area (Å²) in [6.07, 6.45) is 1.69. The normalized spacial score (nSPS) is 11.5. The average Bonchev–Trinajstić information content (AvgIpc) is 2.94. The van der Waals surface area contributed by atoms with Gasteiger partial charge in [0.2, 0.25) is 0 Å². The van der Waals surface area contributed by atoms with Crippen LogP contribution in [0, 0.1) is 6.92 Å². The van der Waals surface area contributed by atoms with E-state index < -0.39 is 0 Å². The summed E-state index contributed by atoms with van der Waals surface area (Å²) >= 11 is 7.65. The van der Waals surface area contributed by atoms with E-state index in [2.05, 4.69) is 25.0 Å². The van der Waals surface area contributed by atoms with Crippen molar-refractivity contribution in [1.82, 2.24) is 9.66 Å². The van der Waals surface area contributed by atoms with Gasteiger partial charge in [-0.25, -0.2) is 4.98 Å². The Hall–Kier alpha value is -3.87. The van der Waals surface area contributed by atoms with Crippen LogP contribution in [0.4, 0.5) is 0 Å². The molecule has 0 aliphatic heterocycles. The molecule has 0 aliphatic rings. The highest BCUT2D eigenvalue weighted by atomic mass is 35.5. The Morgan fingerprint density at radius 3 is 2.31 bits per heavy atom. The van der Waals surface area contributed by atoms with Crippen molar-refractivity contribution in [3.05, 3.63) is 117 Å². The van der Waals surface area contributed by atoms with Crippen LogP contribution >= 0.6 is 23.4 Å². The van der Waals surface area contributed by atoms with E-state index in [1.54, 1.807) is 31.2 Å². The van der Waals surface area contributed by atoms with Crippen LogP contribution in [-0.4, -0.2) is 23.0 Å². The monoisotopic (exact) mass is 553 g/mol. The molecule has 0 saturated carbocycles. The van der Waals surface area contributed by atoms with Gasteiger partial charge in [0, 0.05) is 20.4 Å². The number of nitrogens with zero attached hydrogens (tertiary/aromatic N) is 3. The summed E-state index contributed by atoms with van der Waals surface area (Å²) in [4.78, 5) is 20.7. The first-order chi connectivity index (χ1) is 18.8. The van der Waals surface area contributed by atoms with E-state index in [0.717, 1.165) is 37.8 Å². The molecule has 0 N–H and O–H groups in total. The van der Waals surface area contributed by atoms with Crippen LogP contribution in [0.15, 0.2) is 105 Å². The number of halogens is 1. The minimum Gasteiger partial charge on any atom is -0.496 e. The predicted octanol–water partition coefficient (Wildman–Crippen LogP) is 8.19. The summed E-state index contributed by atoms with van der Waals surface area (Å²) in [6.45, 7) is 6.23. The Labute approximate surface area is 237 Å². The van der Waals surface area contributed by atoms with Gasteiger partial charge in [-0.1, -0.05) is 61.5 Å². The largest absolute Gasteiger partial charge is 0.496 e. The molecular weight excluding hydrogens is 526 g/mol. The Bertz CT molecular complexity index is 1730. The van der Waals surface area contributed by atoms with Crippen LogP contribution < -0.4 is 10.3 Å². The number of rotatable bonds is 7. The minimum atomic E-state index is -0.219. The second-order valence-corrected chi connectivity index (χ2v) is 11.1. The average molecular weight is 554 g/mol. The molecule has 0 aliphatic carbocycles. The van der Waals surface area contributed by atoms with Crippen molar-refractivity contribution in [2.75, 3.05) is 7.11 Å². The van der Waals surface area contributed by atoms with Gasteiger partial charge in [0.15, 0.2) is 5.82 Å². The topological polar surface area (TPSA) is 56.5 Å². The molecule has 4 aromatic carbocycles. The summed E-state index contributed by atoms with van der Waals surface area (Å²) in [5.74, 6) is 1.54. The molecule has 0 radical (unpaired) electrons. The third-order valence-corrected chi connectivity index (χ3v) is 7.71. The zero-order valence-corrected chi connectivity index (χ0v) is 23.8. The van der Waals surface area contributed by atoms with E-state index in [1.165, 1.54) is 4.68 Å². The van der Waals surface area contributed by atoms with Crippen molar-refractivity contribution in [3.8, 4) is 17.1 Å². The molecule has 0 spiro atoms. The quantitative estimate of drug-likeness (QED) is 0.191. The number of benzene rings is 4. The van der Waals surface area contributed by atoms with Crippen molar-refractivity contribution in [2.24, 2.45) is 5.10 Å². The lowest BCUT2D eigenvalue weighted by molar-refractivity contribution is 0.407. The lowest BCUT2D eigenvalue weighted by Gasteiger charge is -2.17. The van der Waals surface area contributed by atoms with Crippen molar-refractivity contribution in [1.29, 1.82) is 0 Å². The number of ether oxygens (including phenoxy) is 1. The first-order valence-corrected chi connectivity index (χ1v) is 13.8. The maximum Gasteiger partial charge on any atom is 0.282 e. The van der Waals surface area contributed by atoms with Gasteiger partial charge in [-0.3, -0.25) is 4.79 Å². The molecule has 1 heterocycles. The Kier molecular flexibility index (Phi) is 7.87. The third kappa shape index (κ3) is 5.77. The van der Waals surface area contributed by atoms with Crippen molar-refractivity contribution < 1.29 is 4.74 Å². The number of fused-ring (bicyclic) bond motifs is 1. The molecule has 5 nitrogen and oxygen atoms in total. The van der Waals surface area contributed by atoms with Crippen LogP contribution in [0.2, 0.25) is 5.02 Å². The maximum absolute atomic E-state index is 13.7. The number of methoxy groups -OCH3 is 1. The van der Waals surface area contributed by atoms with Crippen LogP contribution in [0.1, 0.15) is 36.5 Å². The number of aryl methyl sites for hydroxylation is 1. The highest BCUT2D eigenvalue weighted by Crippen LogP contribution is 2.34. The summed E-state index contributed by atoms with van der Waals surface area (Å²) in [5.41, 5.74) is 4.12. The maximum atomic E-state index is 13.7. The third-order valence-electron chi connectivity index (χ3n) is 6.45.